The lowest BCUT2D eigenvalue weighted by Gasteiger charge is -2.27. The summed E-state index contributed by atoms with van der Waals surface area (Å²) < 4.78 is 13.9. The van der Waals surface area contributed by atoms with Gasteiger partial charge in [-0.3, -0.25) is 4.79 Å². The smallest absolute Gasteiger partial charge is 0.253 e. The molecule has 1 fully saturated rings. The maximum Gasteiger partial charge on any atom is 0.253 e. The summed E-state index contributed by atoms with van der Waals surface area (Å²) in [5, 5.41) is 3.32. The van der Waals surface area contributed by atoms with Gasteiger partial charge in [-0.1, -0.05) is 15.9 Å². The molecule has 0 radical (unpaired) electrons. The van der Waals surface area contributed by atoms with Gasteiger partial charge in [0.15, 0.2) is 0 Å². The van der Waals surface area contributed by atoms with Crippen LogP contribution < -0.4 is 5.32 Å². The molecule has 1 aromatic carbocycles. The quantitative estimate of drug-likeness (QED) is 0.873. The molecule has 0 aromatic heterocycles. The summed E-state index contributed by atoms with van der Waals surface area (Å²) >= 11 is 3.22. The van der Waals surface area contributed by atoms with Gasteiger partial charge < -0.3 is 10.2 Å². The Morgan fingerprint density at radius 1 is 1.35 bits per heavy atom. The van der Waals surface area contributed by atoms with Crippen molar-refractivity contribution in [2.24, 2.45) is 0 Å². The molecular weight excluding hydrogens is 347 g/mol. The molecule has 1 aliphatic heterocycles. The van der Waals surface area contributed by atoms with E-state index in [1.165, 1.54) is 12.1 Å². The lowest BCUT2D eigenvalue weighted by Crippen LogP contribution is -2.37. The van der Waals surface area contributed by atoms with Gasteiger partial charge in [-0.15, -0.1) is 12.4 Å². The number of halogens is 3. The van der Waals surface area contributed by atoms with Gasteiger partial charge in [-0.25, -0.2) is 4.39 Å². The van der Waals surface area contributed by atoms with E-state index in [-0.39, 0.29) is 24.4 Å². The summed E-state index contributed by atoms with van der Waals surface area (Å²) in [5.41, 5.74) is 0.395. The summed E-state index contributed by atoms with van der Waals surface area (Å²) in [6.45, 7) is 1.93. The van der Waals surface area contributed by atoms with Crippen LogP contribution in [0.15, 0.2) is 22.7 Å². The van der Waals surface area contributed by atoms with Gasteiger partial charge in [-0.05, 0) is 50.6 Å². The number of benzene rings is 1. The van der Waals surface area contributed by atoms with Gasteiger partial charge >= 0.3 is 0 Å². The van der Waals surface area contributed by atoms with Crippen LogP contribution in [0.2, 0.25) is 0 Å². The van der Waals surface area contributed by atoms with Crippen molar-refractivity contribution in [3.8, 4) is 0 Å². The number of rotatable bonds is 2. The molecule has 1 heterocycles. The molecule has 1 N–H and O–H groups in total. The summed E-state index contributed by atoms with van der Waals surface area (Å²) in [6, 6.07) is 4.53. The van der Waals surface area contributed by atoms with Gasteiger partial charge in [-0.2, -0.15) is 0 Å². The molecule has 1 atom stereocenters. The highest BCUT2D eigenvalue weighted by atomic mass is 79.9. The molecular formula is C14H19BrClFN2O. The average molecular weight is 366 g/mol. The van der Waals surface area contributed by atoms with Crippen molar-refractivity contribution < 1.29 is 9.18 Å². The summed E-state index contributed by atoms with van der Waals surface area (Å²) in [6.07, 6.45) is 3.00. The molecule has 1 saturated heterocycles. The lowest BCUT2D eigenvalue weighted by molar-refractivity contribution is 0.0720. The van der Waals surface area contributed by atoms with Gasteiger partial charge in [0, 0.05) is 23.1 Å². The number of hydrogen-bond acceptors (Lipinski definition) is 2. The molecule has 1 amide bonds. The normalized spacial score (nSPS) is 18.9. The Balaban J connectivity index is 0.00000200. The van der Waals surface area contributed by atoms with Crippen LogP contribution >= 0.6 is 28.3 Å². The Kier molecular flexibility index (Phi) is 6.92. The van der Waals surface area contributed by atoms with Gasteiger partial charge in [0.1, 0.15) is 5.82 Å². The van der Waals surface area contributed by atoms with Crippen LogP contribution in [-0.2, 0) is 0 Å². The summed E-state index contributed by atoms with van der Waals surface area (Å²) in [5.74, 6) is -0.513. The first-order valence-corrected chi connectivity index (χ1v) is 7.31. The van der Waals surface area contributed by atoms with Crippen LogP contribution in [0.4, 0.5) is 4.39 Å². The Labute approximate surface area is 133 Å². The van der Waals surface area contributed by atoms with Gasteiger partial charge in [0.05, 0.1) is 0 Å². The van der Waals surface area contributed by atoms with Crippen LogP contribution in [-0.4, -0.2) is 37.0 Å². The van der Waals surface area contributed by atoms with Crippen LogP contribution in [0.3, 0.4) is 0 Å². The zero-order chi connectivity index (χ0) is 13.8. The molecule has 0 spiro atoms. The van der Waals surface area contributed by atoms with E-state index in [2.05, 4.69) is 21.2 Å². The van der Waals surface area contributed by atoms with Crippen LogP contribution in [0.5, 0.6) is 0 Å². The summed E-state index contributed by atoms with van der Waals surface area (Å²) in [7, 11) is 1.80. The zero-order valence-corrected chi connectivity index (χ0v) is 13.8. The van der Waals surface area contributed by atoms with Crippen LogP contribution in [0, 0.1) is 5.82 Å². The predicted octanol–water partition coefficient (Wildman–Crippen LogP) is 3.22. The van der Waals surface area contributed by atoms with E-state index in [0.717, 1.165) is 32.4 Å². The van der Waals surface area contributed by atoms with Crippen molar-refractivity contribution in [1.82, 2.24) is 10.2 Å². The molecule has 6 heteroatoms. The minimum absolute atomic E-state index is 0. The Morgan fingerprint density at radius 2 is 2.10 bits per heavy atom. The topological polar surface area (TPSA) is 32.3 Å². The highest BCUT2D eigenvalue weighted by Gasteiger charge is 2.22. The van der Waals surface area contributed by atoms with E-state index < -0.39 is 5.82 Å². The second-order valence-corrected chi connectivity index (χ2v) is 5.82. The predicted molar refractivity (Wildman–Crippen MR) is 84.0 cm³/mol. The number of nitrogens with one attached hydrogen (secondary N) is 1. The minimum Gasteiger partial charge on any atom is -0.339 e. The van der Waals surface area contributed by atoms with Crippen molar-refractivity contribution in [3.05, 3.63) is 34.1 Å². The third kappa shape index (κ3) is 4.43. The maximum atomic E-state index is 13.3. The van der Waals surface area contributed by atoms with Crippen LogP contribution in [0.25, 0.3) is 0 Å². The molecule has 20 heavy (non-hydrogen) atoms. The second kappa shape index (κ2) is 7.96. The van der Waals surface area contributed by atoms with Crippen molar-refractivity contribution in [3.63, 3.8) is 0 Å². The molecule has 0 aliphatic carbocycles. The third-order valence-corrected chi connectivity index (χ3v) is 3.98. The highest BCUT2D eigenvalue weighted by molar-refractivity contribution is 9.10. The lowest BCUT2D eigenvalue weighted by atomic mass is 10.1. The molecule has 0 saturated carbocycles. The first kappa shape index (κ1) is 17.4. The minimum atomic E-state index is -0.395. The number of carbonyl (C=O) groups excluding carboxylic acids is 1. The van der Waals surface area contributed by atoms with E-state index in [1.54, 1.807) is 18.0 Å². The Morgan fingerprint density at radius 3 is 2.80 bits per heavy atom. The fourth-order valence-corrected chi connectivity index (χ4v) is 2.90. The molecule has 112 valence electrons. The second-order valence-electron chi connectivity index (χ2n) is 4.91. The van der Waals surface area contributed by atoms with E-state index in [0.29, 0.717) is 10.0 Å². The van der Waals surface area contributed by atoms with Crippen molar-refractivity contribution in [2.45, 2.75) is 25.3 Å². The summed E-state index contributed by atoms with van der Waals surface area (Å²) in [4.78, 5) is 14.1. The number of nitrogens with zero attached hydrogens (tertiary/aromatic N) is 1. The first-order chi connectivity index (χ1) is 9.08. The zero-order valence-electron chi connectivity index (χ0n) is 11.4. The molecule has 2 rings (SSSR count). The molecule has 1 unspecified atom stereocenters. The molecule has 3 nitrogen and oxygen atoms in total. The first-order valence-electron chi connectivity index (χ1n) is 6.52. The monoisotopic (exact) mass is 364 g/mol. The van der Waals surface area contributed by atoms with Crippen molar-refractivity contribution >= 4 is 34.2 Å². The number of carbonyl (C=O) groups is 1. The van der Waals surface area contributed by atoms with Crippen LogP contribution in [0.1, 0.15) is 29.6 Å². The van der Waals surface area contributed by atoms with Crippen molar-refractivity contribution in [2.75, 3.05) is 20.1 Å². The third-order valence-electron chi connectivity index (χ3n) is 3.52. The average Bonchev–Trinajstić information content (AvgIpc) is 2.64. The number of hydrogen-bond donors (Lipinski definition) is 1. The maximum absolute atomic E-state index is 13.3. The van der Waals surface area contributed by atoms with E-state index >= 15 is 0 Å². The van der Waals surface area contributed by atoms with Gasteiger partial charge in [0.25, 0.3) is 5.91 Å². The largest absolute Gasteiger partial charge is 0.339 e. The fourth-order valence-electron chi connectivity index (χ4n) is 2.43. The number of amides is 1. The fraction of sp³-hybridized carbons (Fsp3) is 0.500. The Hall–Kier alpha value is -0.650. The van der Waals surface area contributed by atoms with Crippen molar-refractivity contribution in [1.29, 1.82) is 0 Å². The molecule has 1 aromatic rings. The van der Waals surface area contributed by atoms with E-state index in [9.17, 15) is 9.18 Å². The van der Waals surface area contributed by atoms with Gasteiger partial charge in [0.2, 0.25) is 0 Å². The van der Waals surface area contributed by atoms with E-state index in [4.69, 9.17) is 0 Å². The highest BCUT2D eigenvalue weighted by Crippen LogP contribution is 2.19. The molecule has 1 aliphatic rings. The molecule has 0 bridgehead atoms. The standard InChI is InChI=1S/C14H18BrFN2O.ClH/c1-18(13-3-2-5-17-6-4-13)14(19)10-7-11(15)9-12(16)8-10;/h7-9,13,17H,2-6H2,1H3;1H. The SMILES string of the molecule is CN(C(=O)c1cc(F)cc(Br)c1)C1CCCNCC1.Cl. The Bertz CT molecular complexity index is 444. The van der Waals surface area contributed by atoms with E-state index in [1.807, 2.05) is 0 Å².